The second-order valence-corrected chi connectivity index (χ2v) is 3.71. The molecule has 0 bridgehead atoms. The van der Waals surface area contributed by atoms with Gasteiger partial charge in [0.2, 0.25) is 0 Å². The van der Waals surface area contributed by atoms with Crippen LogP contribution in [0.3, 0.4) is 0 Å². The number of hydrogen-bond donors (Lipinski definition) is 2. The Balaban J connectivity index is 2.48. The van der Waals surface area contributed by atoms with Crippen molar-refractivity contribution in [2.24, 2.45) is 0 Å². The van der Waals surface area contributed by atoms with E-state index in [1.165, 1.54) is 0 Å². The molecule has 2 aromatic heterocycles. The van der Waals surface area contributed by atoms with Crippen molar-refractivity contribution in [3.05, 3.63) is 28.3 Å². The Morgan fingerprint density at radius 2 is 2.06 bits per heavy atom. The van der Waals surface area contributed by atoms with Gasteiger partial charge in [-0.2, -0.15) is 18.2 Å². The van der Waals surface area contributed by atoms with Gasteiger partial charge in [-0.25, -0.2) is 9.78 Å². The molecule has 96 valence electrons. The second-order valence-electron chi connectivity index (χ2n) is 3.71. The number of aromatic amines is 1. The number of H-pyrrole nitrogens is 1. The number of halogens is 3. The van der Waals surface area contributed by atoms with E-state index >= 15 is 0 Å². The molecule has 2 heterocycles. The fourth-order valence-corrected chi connectivity index (χ4v) is 1.44. The van der Waals surface area contributed by atoms with Crippen molar-refractivity contribution in [2.75, 3.05) is 11.9 Å². The van der Waals surface area contributed by atoms with Crippen LogP contribution in [0, 0.1) is 6.92 Å². The number of hydrogen-bond acceptors (Lipinski definition) is 4. The minimum atomic E-state index is -4.39. The highest BCUT2D eigenvalue weighted by Crippen LogP contribution is 2.19. The molecule has 0 saturated carbocycles. The number of alkyl halides is 3. The number of pyridine rings is 1. The predicted octanol–water partition coefficient (Wildman–Crippen LogP) is 1.60. The first-order valence-electron chi connectivity index (χ1n) is 5.03. The topological polar surface area (TPSA) is 70.7 Å². The minimum absolute atomic E-state index is 0.172. The maximum atomic E-state index is 12.1. The molecule has 0 radical (unpaired) electrons. The van der Waals surface area contributed by atoms with Crippen LogP contribution < -0.4 is 11.0 Å². The molecule has 2 aromatic rings. The van der Waals surface area contributed by atoms with Crippen molar-refractivity contribution < 1.29 is 13.2 Å². The van der Waals surface area contributed by atoms with Gasteiger partial charge in [-0.05, 0) is 19.1 Å². The summed E-state index contributed by atoms with van der Waals surface area (Å²) in [6.07, 6.45) is -4.39. The Kier molecular flexibility index (Phi) is 2.93. The molecular formula is C10H9F3N4O. The molecule has 0 amide bonds. The van der Waals surface area contributed by atoms with E-state index in [-0.39, 0.29) is 11.3 Å². The monoisotopic (exact) mass is 258 g/mol. The lowest BCUT2D eigenvalue weighted by Gasteiger charge is -2.10. The molecule has 0 aliphatic carbocycles. The third kappa shape index (κ3) is 2.76. The predicted molar refractivity (Wildman–Crippen MR) is 59.4 cm³/mol. The Bertz CT molecular complexity index is 635. The van der Waals surface area contributed by atoms with E-state index in [1.807, 2.05) is 0 Å². The van der Waals surface area contributed by atoms with Crippen LogP contribution in [0.1, 0.15) is 5.69 Å². The quantitative estimate of drug-likeness (QED) is 0.858. The van der Waals surface area contributed by atoms with Gasteiger partial charge in [0.25, 0.3) is 0 Å². The van der Waals surface area contributed by atoms with Crippen molar-refractivity contribution in [1.29, 1.82) is 0 Å². The molecule has 8 heteroatoms. The van der Waals surface area contributed by atoms with Gasteiger partial charge >= 0.3 is 11.9 Å². The number of aromatic nitrogens is 3. The minimum Gasteiger partial charge on any atom is -0.359 e. The number of rotatable bonds is 2. The van der Waals surface area contributed by atoms with Crippen molar-refractivity contribution in [3.8, 4) is 0 Å². The van der Waals surface area contributed by atoms with E-state index < -0.39 is 18.4 Å². The number of nitrogens with zero attached hydrogens (tertiary/aromatic N) is 2. The fourth-order valence-electron chi connectivity index (χ4n) is 1.44. The van der Waals surface area contributed by atoms with E-state index in [9.17, 15) is 18.0 Å². The molecule has 0 unspecified atom stereocenters. The lowest BCUT2D eigenvalue weighted by Crippen LogP contribution is -2.24. The molecule has 18 heavy (non-hydrogen) atoms. The maximum Gasteiger partial charge on any atom is 0.405 e. The van der Waals surface area contributed by atoms with Crippen LogP contribution in [0.15, 0.2) is 16.9 Å². The summed E-state index contributed by atoms with van der Waals surface area (Å²) in [6.45, 7) is 0.423. The Morgan fingerprint density at radius 3 is 2.72 bits per heavy atom. The maximum absolute atomic E-state index is 12.1. The molecule has 2 N–H and O–H groups in total. The Hall–Kier alpha value is -2.12. The molecule has 0 aliphatic rings. The largest absolute Gasteiger partial charge is 0.405 e. The van der Waals surface area contributed by atoms with E-state index in [0.717, 1.165) is 0 Å². The van der Waals surface area contributed by atoms with Gasteiger partial charge in [-0.3, -0.25) is 0 Å². The van der Waals surface area contributed by atoms with Gasteiger partial charge in [-0.15, -0.1) is 0 Å². The smallest absolute Gasteiger partial charge is 0.359 e. The van der Waals surface area contributed by atoms with Gasteiger partial charge in [0.1, 0.15) is 12.1 Å². The zero-order valence-corrected chi connectivity index (χ0v) is 9.30. The van der Waals surface area contributed by atoms with Crippen molar-refractivity contribution >= 4 is 16.9 Å². The lowest BCUT2D eigenvalue weighted by atomic mass is 10.3. The molecule has 0 spiro atoms. The van der Waals surface area contributed by atoms with Crippen LogP contribution in [-0.2, 0) is 0 Å². The number of nitrogens with one attached hydrogen (secondary N) is 2. The van der Waals surface area contributed by atoms with E-state index in [4.69, 9.17) is 0 Å². The second kappa shape index (κ2) is 4.28. The summed E-state index contributed by atoms with van der Waals surface area (Å²) >= 11 is 0. The average Bonchev–Trinajstić information content (AvgIpc) is 2.25. The van der Waals surface area contributed by atoms with Gasteiger partial charge < -0.3 is 10.3 Å². The van der Waals surface area contributed by atoms with Crippen LogP contribution in [0.2, 0.25) is 0 Å². The van der Waals surface area contributed by atoms with E-state index in [1.54, 1.807) is 19.1 Å². The van der Waals surface area contributed by atoms with Gasteiger partial charge in [0, 0.05) is 5.69 Å². The van der Waals surface area contributed by atoms with E-state index in [0.29, 0.717) is 11.2 Å². The highest BCUT2D eigenvalue weighted by molar-refractivity contribution is 5.84. The average molecular weight is 258 g/mol. The van der Waals surface area contributed by atoms with Crippen molar-refractivity contribution in [2.45, 2.75) is 13.1 Å². The summed E-state index contributed by atoms with van der Waals surface area (Å²) in [5.41, 5.74) is 0.438. The fraction of sp³-hybridized carbons (Fsp3) is 0.300. The van der Waals surface area contributed by atoms with Crippen molar-refractivity contribution in [3.63, 3.8) is 0 Å². The number of aryl methyl sites for hydroxylation is 1. The van der Waals surface area contributed by atoms with Crippen LogP contribution in [0.4, 0.5) is 19.0 Å². The zero-order valence-electron chi connectivity index (χ0n) is 9.30. The third-order valence-corrected chi connectivity index (χ3v) is 2.17. The summed E-state index contributed by atoms with van der Waals surface area (Å²) in [5.74, 6) is -0.172. The molecule has 0 aliphatic heterocycles. The summed E-state index contributed by atoms with van der Waals surface area (Å²) in [5, 5.41) is 2.08. The Labute approximate surface area is 99.1 Å². The van der Waals surface area contributed by atoms with Crippen LogP contribution in [0.25, 0.3) is 11.0 Å². The van der Waals surface area contributed by atoms with E-state index in [2.05, 4.69) is 20.3 Å². The normalized spacial score (nSPS) is 11.8. The van der Waals surface area contributed by atoms with Crippen molar-refractivity contribution in [1.82, 2.24) is 15.0 Å². The highest BCUT2D eigenvalue weighted by atomic mass is 19.4. The molecule has 0 saturated heterocycles. The molecule has 0 fully saturated rings. The SMILES string of the molecule is Cc1ccc2[nH]c(=O)nc(NCC(F)(F)F)c2n1. The molecule has 0 atom stereocenters. The van der Waals surface area contributed by atoms with Crippen LogP contribution >= 0.6 is 0 Å². The summed E-state index contributed by atoms with van der Waals surface area (Å²) < 4.78 is 36.4. The van der Waals surface area contributed by atoms with Crippen LogP contribution in [-0.4, -0.2) is 27.7 Å². The lowest BCUT2D eigenvalue weighted by molar-refractivity contribution is -0.115. The zero-order chi connectivity index (χ0) is 13.3. The van der Waals surface area contributed by atoms with Gasteiger partial charge in [0.05, 0.1) is 5.52 Å². The van der Waals surface area contributed by atoms with Gasteiger partial charge in [0.15, 0.2) is 5.82 Å². The van der Waals surface area contributed by atoms with Gasteiger partial charge in [-0.1, -0.05) is 0 Å². The third-order valence-electron chi connectivity index (χ3n) is 2.17. The molecule has 2 rings (SSSR count). The summed E-state index contributed by atoms with van der Waals surface area (Å²) in [4.78, 5) is 21.1. The molecule has 5 nitrogen and oxygen atoms in total. The Morgan fingerprint density at radius 1 is 1.33 bits per heavy atom. The molecule has 0 aromatic carbocycles. The summed E-state index contributed by atoms with van der Waals surface area (Å²) in [7, 11) is 0. The summed E-state index contributed by atoms with van der Waals surface area (Å²) in [6, 6.07) is 3.21. The van der Waals surface area contributed by atoms with Crippen LogP contribution in [0.5, 0.6) is 0 Å². The number of fused-ring (bicyclic) bond motifs is 1. The molecular weight excluding hydrogens is 249 g/mol. The first-order valence-corrected chi connectivity index (χ1v) is 5.03. The highest BCUT2D eigenvalue weighted by Gasteiger charge is 2.27. The standard InChI is InChI=1S/C10H9F3N4O/c1-5-2-3-6-7(15-5)8(17-9(18)16-6)14-4-10(11,12)13/h2-3H,4H2,1H3,(H2,14,16,17,18). The first kappa shape index (κ1) is 12.3. The first-order chi connectivity index (χ1) is 8.35. The number of anilines is 1.